The maximum atomic E-state index is 10.7. The first kappa shape index (κ1) is 10.8. The molecule has 1 aromatic rings. The van der Waals surface area contributed by atoms with Gasteiger partial charge in [0, 0.05) is 12.6 Å². The highest BCUT2D eigenvalue weighted by Crippen LogP contribution is 1.97. The van der Waals surface area contributed by atoms with Gasteiger partial charge in [0.1, 0.15) is 5.69 Å². The lowest BCUT2D eigenvalue weighted by atomic mass is 10.2. The molecule has 0 aliphatic carbocycles. The molecular weight excluding hydrogens is 150 g/mol. The fourth-order valence-electron chi connectivity index (χ4n) is 0.739. The SMILES string of the molecule is CC.CC(=O)c1cccc(C)n1. The molecule has 0 amide bonds. The number of carbonyl (C=O) groups excluding carboxylic acids is 1. The zero-order chi connectivity index (χ0) is 9.56. The van der Waals surface area contributed by atoms with Crippen LogP contribution in [0.25, 0.3) is 0 Å². The van der Waals surface area contributed by atoms with Crippen LogP contribution in [0.15, 0.2) is 18.2 Å². The van der Waals surface area contributed by atoms with Crippen LogP contribution in [0.1, 0.15) is 37.0 Å². The Balaban J connectivity index is 0.000000561. The van der Waals surface area contributed by atoms with Crippen molar-refractivity contribution in [1.82, 2.24) is 4.98 Å². The average Bonchev–Trinajstić information content (AvgIpc) is 2.08. The third-order valence-corrected chi connectivity index (χ3v) is 1.25. The van der Waals surface area contributed by atoms with E-state index in [-0.39, 0.29) is 5.78 Å². The summed E-state index contributed by atoms with van der Waals surface area (Å²) in [5.41, 5.74) is 1.42. The van der Waals surface area contributed by atoms with Crippen molar-refractivity contribution in [2.24, 2.45) is 0 Å². The number of Topliss-reactive ketones (excluding diaryl/α,β-unsaturated/α-hetero) is 1. The first-order valence-corrected chi connectivity index (χ1v) is 4.15. The lowest BCUT2D eigenvalue weighted by Gasteiger charge is -1.93. The van der Waals surface area contributed by atoms with Crippen LogP contribution in [-0.4, -0.2) is 10.8 Å². The second-order valence-electron chi connectivity index (χ2n) is 2.22. The van der Waals surface area contributed by atoms with Crippen molar-refractivity contribution in [3.05, 3.63) is 29.6 Å². The molecule has 0 unspecified atom stereocenters. The number of hydrogen-bond acceptors (Lipinski definition) is 2. The van der Waals surface area contributed by atoms with E-state index in [9.17, 15) is 4.79 Å². The molecule has 66 valence electrons. The standard InChI is InChI=1S/C8H9NO.C2H6/c1-6-4-3-5-8(9-6)7(2)10;1-2/h3-5H,1-2H3;1-2H3. The van der Waals surface area contributed by atoms with Crippen LogP contribution in [0.3, 0.4) is 0 Å². The summed E-state index contributed by atoms with van der Waals surface area (Å²) < 4.78 is 0. The van der Waals surface area contributed by atoms with Gasteiger partial charge in [0.25, 0.3) is 0 Å². The Morgan fingerprint density at radius 3 is 2.25 bits per heavy atom. The molecule has 0 radical (unpaired) electrons. The van der Waals surface area contributed by atoms with Crippen LogP contribution in [0.4, 0.5) is 0 Å². The highest BCUT2D eigenvalue weighted by atomic mass is 16.1. The van der Waals surface area contributed by atoms with Crippen LogP contribution < -0.4 is 0 Å². The van der Waals surface area contributed by atoms with Gasteiger partial charge in [-0.1, -0.05) is 19.9 Å². The van der Waals surface area contributed by atoms with Crippen LogP contribution in [0.2, 0.25) is 0 Å². The molecule has 1 heterocycles. The number of rotatable bonds is 1. The third-order valence-electron chi connectivity index (χ3n) is 1.25. The van der Waals surface area contributed by atoms with E-state index >= 15 is 0 Å². The maximum absolute atomic E-state index is 10.7. The molecule has 0 atom stereocenters. The minimum Gasteiger partial charge on any atom is -0.293 e. The molecule has 1 rings (SSSR count). The Morgan fingerprint density at radius 1 is 1.33 bits per heavy atom. The number of nitrogens with zero attached hydrogens (tertiary/aromatic N) is 1. The highest BCUT2D eigenvalue weighted by molar-refractivity contribution is 5.91. The summed E-state index contributed by atoms with van der Waals surface area (Å²) in [6.45, 7) is 7.38. The van der Waals surface area contributed by atoms with Gasteiger partial charge >= 0.3 is 0 Å². The molecule has 2 nitrogen and oxygen atoms in total. The molecule has 0 spiro atoms. The van der Waals surface area contributed by atoms with Crippen LogP contribution in [0.5, 0.6) is 0 Å². The Bertz CT molecular complexity index is 256. The van der Waals surface area contributed by atoms with Crippen molar-refractivity contribution < 1.29 is 4.79 Å². The summed E-state index contributed by atoms with van der Waals surface area (Å²) in [5, 5.41) is 0. The molecule has 0 aromatic carbocycles. The molecular formula is C10H15NO. The lowest BCUT2D eigenvalue weighted by Crippen LogP contribution is -1.96. The van der Waals surface area contributed by atoms with Gasteiger partial charge in [0.15, 0.2) is 5.78 Å². The zero-order valence-corrected chi connectivity index (χ0v) is 8.09. The Hall–Kier alpha value is -1.18. The fourth-order valence-corrected chi connectivity index (χ4v) is 0.739. The number of aromatic nitrogens is 1. The predicted octanol–water partition coefficient (Wildman–Crippen LogP) is 2.62. The van der Waals surface area contributed by atoms with E-state index in [4.69, 9.17) is 0 Å². The van der Waals surface area contributed by atoms with Crippen molar-refractivity contribution in [3.63, 3.8) is 0 Å². The van der Waals surface area contributed by atoms with Gasteiger partial charge in [-0.3, -0.25) is 9.78 Å². The molecule has 0 aliphatic rings. The predicted molar refractivity (Wildman–Crippen MR) is 50.3 cm³/mol. The number of aryl methyl sites for hydroxylation is 1. The van der Waals surface area contributed by atoms with Gasteiger partial charge in [-0.15, -0.1) is 0 Å². The second kappa shape index (κ2) is 5.47. The molecule has 0 fully saturated rings. The number of carbonyl (C=O) groups is 1. The molecule has 0 saturated heterocycles. The normalized spacial score (nSPS) is 8.33. The molecule has 12 heavy (non-hydrogen) atoms. The number of pyridine rings is 1. The Morgan fingerprint density at radius 2 is 1.92 bits per heavy atom. The summed E-state index contributed by atoms with van der Waals surface area (Å²) in [7, 11) is 0. The summed E-state index contributed by atoms with van der Waals surface area (Å²) in [6, 6.07) is 5.42. The lowest BCUT2D eigenvalue weighted by molar-refractivity contribution is 0.101. The molecule has 1 aromatic heterocycles. The summed E-state index contributed by atoms with van der Waals surface area (Å²) >= 11 is 0. The van der Waals surface area contributed by atoms with Gasteiger partial charge in [-0.25, -0.2) is 0 Å². The van der Waals surface area contributed by atoms with E-state index < -0.39 is 0 Å². The smallest absolute Gasteiger partial charge is 0.178 e. The summed E-state index contributed by atoms with van der Waals surface area (Å²) in [4.78, 5) is 14.8. The Kier molecular flexibility index (Phi) is 4.93. The van der Waals surface area contributed by atoms with E-state index in [0.717, 1.165) is 5.69 Å². The van der Waals surface area contributed by atoms with Gasteiger partial charge in [0.2, 0.25) is 0 Å². The molecule has 0 aliphatic heterocycles. The molecule has 2 heteroatoms. The van der Waals surface area contributed by atoms with Crippen LogP contribution in [-0.2, 0) is 0 Å². The zero-order valence-electron chi connectivity index (χ0n) is 8.09. The topological polar surface area (TPSA) is 30.0 Å². The first-order chi connectivity index (χ1) is 5.70. The summed E-state index contributed by atoms with van der Waals surface area (Å²) in [5.74, 6) is 0.0173. The van der Waals surface area contributed by atoms with Crippen molar-refractivity contribution in [3.8, 4) is 0 Å². The van der Waals surface area contributed by atoms with Gasteiger partial charge < -0.3 is 0 Å². The molecule has 0 saturated carbocycles. The largest absolute Gasteiger partial charge is 0.293 e. The second-order valence-corrected chi connectivity index (χ2v) is 2.22. The Labute approximate surface area is 73.6 Å². The van der Waals surface area contributed by atoms with Crippen molar-refractivity contribution in [1.29, 1.82) is 0 Å². The van der Waals surface area contributed by atoms with Crippen LogP contribution >= 0.6 is 0 Å². The van der Waals surface area contributed by atoms with E-state index in [1.807, 2.05) is 32.9 Å². The first-order valence-electron chi connectivity index (χ1n) is 4.15. The minimum absolute atomic E-state index is 0.0173. The van der Waals surface area contributed by atoms with E-state index in [2.05, 4.69) is 4.98 Å². The number of ketones is 1. The van der Waals surface area contributed by atoms with Gasteiger partial charge in [-0.05, 0) is 19.1 Å². The highest BCUT2D eigenvalue weighted by Gasteiger charge is 1.97. The number of hydrogen-bond donors (Lipinski definition) is 0. The van der Waals surface area contributed by atoms with Crippen molar-refractivity contribution >= 4 is 5.78 Å². The van der Waals surface area contributed by atoms with E-state index in [1.165, 1.54) is 6.92 Å². The summed E-state index contributed by atoms with van der Waals surface area (Å²) in [6.07, 6.45) is 0. The molecule has 0 bridgehead atoms. The van der Waals surface area contributed by atoms with Crippen molar-refractivity contribution in [2.45, 2.75) is 27.7 Å². The fraction of sp³-hybridized carbons (Fsp3) is 0.400. The van der Waals surface area contributed by atoms with Crippen LogP contribution in [0, 0.1) is 6.92 Å². The van der Waals surface area contributed by atoms with Crippen molar-refractivity contribution in [2.75, 3.05) is 0 Å². The molecule has 0 N–H and O–H groups in total. The van der Waals surface area contributed by atoms with E-state index in [0.29, 0.717) is 5.69 Å². The third kappa shape index (κ3) is 3.28. The maximum Gasteiger partial charge on any atom is 0.178 e. The van der Waals surface area contributed by atoms with Gasteiger partial charge in [0.05, 0.1) is 0 Å². The van der Waals surface area contributed by atoms with Gasteiger partial charge in [-0.2, -0.15) is 0 Å². The monoisotopic (exact) mass is 165 g/mol. The average molecular weight is 165 g/mol. The minimum atomic E-state index is 0.0173. The quantitative estimate of drug-likeness (QED) is 0.599. The van der Waals surface area contributed by atoms with E-state index in [1.54, 1.807) is 6.07 Å².